The molecule has 0 spiro atoms. The molecule has 0 aliphatic rings. The topological polar surface area (TPSA) is 95.6 Å². The molecule has 0 saturated heterocycles. The van der Waals surface area contributed by atoms with Crippen molar-refractivity contribution in [3.05, 3.63) is 84.4 Å². The van der Waals surface area contributed by atoms with E-state index in [0.29, 0.717) is 11.4 Å². The average molecular weight is 459 g/mol. The molecule has 0 aliphatic carbocycles. The van der Waals surface area contributed by atoms with Gasteiger partial charge in [-0.25, -0.2) is 17.2 Å². The van der Waals surface area contributed by atoms with Crippen molar-refractivity contribution in [3.63, 3.8) is 0 Å². The predicted molar refractivity (Wildman–Crippen MR) is 117 cm³/mol. The largest absolute Gasteiger partial charge is 0.326 e. The van der Waals surface area contributed by atoms with E-state index in [0.717, 1.165) is 40.7 Å². The Morgan fingerprint density at radius 3 is 1.94 bits per heavy atom. The van der Waals surface area contributed by atoms with Crippen molar-refractivity contribution in [2.45, 2.75) is 11.8 Å². The van der Waals surface area contributed by atoms with Crippen LogP contribution in [0.2, 0.25) is 0 Å². The highest BCUT2D eigenvalue weighted by atomic mass is 32.2. The van der Waals surface area contributed by atoms with E-state index in [4.69, 9.17) is 0 Å². The summed E-state index contributed by atoms with van der Waals surface area (Å²) >= 11 is 0. The molecule has 32 heavy (non-hydrogen) atoms. The molecular formula is C22H19F2N3O4S. The van der Waals surface area contributed by atoms with Gasteiger partial charge in [-0.3, -0.25) is 13.9 Å². The van der Waals surface area contributed by atoms with Crippen LogP contribution in [0, 0.1) is 11.6 Å². The number of hydrogen-bond acceptors (Lipinski definition) is 4. The van der Waals surface area contributed by atoms with Crippen LogP contribution in [0.1, 0.15) is 6.92 Å². The van der Waals surface area contributed by atoms with Crippen LogP contribution >= 0.6 is 0 Å². The molecule has 2 amide bonds. The van der Waals surface area contributed by atoms with Crippen molar-refractivity contribution >= 4 is 38.9 Å². The number of halogens is 2. The zero-order chi connectivity index (χ0) is 23.3. The quantitative estimate of drug-likeness (QED) is 0.563. The second-order valence-electron chi connectivity index (χ2n) is 6.75. The van der Waals surface area contributed by atoms with Crippen molar-refractivity contribution in [2.75, 3.05) is 21.5 Å². The van der Waals surface area contributed by atoms with Gasteiger partial charge in [0.2, 0.25) is 11.8 Å². The zero-order valence-electron chi connectivity index (χ0n) is 16.9. The fourth-order valence-electron chi connectivity index (χ4n) is 2.87. The standard InChI is InChI=1S/C22H19F2N3O4S/c1-15(28)25-18-3-2-4-19(13-18)26-22(29)14-27(20-9-5-16(23)6-10-20)32(30,31)21-11-7-17(24)8-12-21/h2-13H,14H2,1H3,(H,25,28)(H,26,29). The van der Waals surface area contributed by atoms with Gasteiger partial charge in [0, 0.05) is 18.3 Å². The SMILES string of the molecule is CC(=O)Nc1cccc(NC(=O)CN(c2ccc(F)cc2)S(=O)(=O)c2ccc(F)cc2)c1. The highest BCUT2D eigenvalue weighted by Crippen LogP contribution is 2.24. The normalized spacial score (nSPS) is 11.0. The Kier molecular flexibility index (Phi) is 6.84. The lowest BCUT2D eigenvalue weighted by Gasteiger charge is -2.24. The maximum Gasteiger partial charge on any atom is 0.264 e. The van der Waals surface area contributed by atoms with Crippen molar-refractivity contribution < 1.29 is 26.8 Å². The maximum atomic E-state index is 13.4. The number of rotatable bonds is 7. The molecule has 3 aromatic carbocycles. The van der Waals surface area contributed by atoms with Gasteiger partial charge in [-0.15, -0.1) is 0 Å². The summed E-state index contributed by atoms with van der Waals surface area (Å²) in [5, 5.41) is 5.15. The van der Waals surface area contributed by atoms with Gasteiger partial charge < -0.3 is 10.6 Å². The van der Waals surface area contributed by atoms with E-state index in [-0.39, 0.29) is 16.5 Å². The molecule has 0 aromatic heterocycles. The van der Waals surface area contributed by atoms with Gasteiger partial charge in [0.15, 0.2) is 0 Å². The molecular weight excluding hydrogens is 440 g/mol. The molecule has 2 N–H and O–H groups in total. The van der Waals surface area contributed by atoms with Crippen LogP contribution in [-0.2, 0) is 19.6 Å². The highest BCUT2D eigenvalue weighted by Gasteiger charge is 2.27. The van der Waals surface area contributed by atoms with Gasteiger partial charge in [-0.1, -0.05) is 6.07 Å². The summed E-state index contributed by atoms with van der Waals surface area (Å²) in [7, 11) is -4.27. The fourth-order valence-corrected chi connectivity index (χ4v) is 4.29. The van der Waals surface area contributed by atoms with Crippen molar-refractivity contribution in [3.8, 4) is 0 Å². The summed E-state index contributed by atoms with van der Waals surface area (Å²) in [6, 6.07) is 15.0. The lowest BCUT2D eigenvalue weighted by atomic mass is 10.2. The Morgan fingerprint density at radius 2 is 1.38 bits per heavy atom. The Morgan fingerprint density at radius 1 is 0.844 bits per heavy atom. The molecule has 7 nitrogen and oxygen atoms in total. The number of nitrogens with one attached hydrogen (secondary N) is 2. The Balaban J connectivity index is 1.89. The molecule has 0 saturated carbocycles. The third-order valence-corrected chi connectivity index (χ3v) is 6.06. The summed E-state index contributed by atoms with van der Waals surface area (Å²) in [4.78, 5) is 23.7. The third-order valence-electron chi connectivity index (χ3n) is 4.27. The first-order valence-corrected chi connectivity index (χ1v) is 10.8. The first-order valence-electron chi connectivity index (χ1n) is 9.36. The lowest BCUT2D eigenvalue weighted by Crippen LogP contribution is -2.38. The van der Waals surface area contributed by atoms with Gasteiger partial charge in [-0.2, -0.15) is 0 Å². The van der Waals surface area contributed by atoms with E-state index >= 15 is 0 Å². The van der Waals surface area contributed by atoms with Gasteiger partial charge in [0.05, 0.1) is 10.6 Å². The predicted octanol–water partition coefficient (Wildman–Crippen LogP) is 3.76. The van der Waals surface area contributed by atoms with Crippen molar-refractivity contribution in [2.24, 2.45) is 0 Å². The minimum Gasteiger partial charge on any atom is -0.326 e. The van der Waals surface area contributed by atoms with Crippen LogP contribution in [-0.4, -0.2) is 26.8 Å². The zero-order valence-corrected chi connectivity index (χ0v) is 17.7. The number of carbonyl (C=O) groups excluding carboxylic acids is 2. The van der Waals surface area contributed by atoms with Gasteiger partial charge >= 0.3 is 0 Å². The third kappa shape index (κ3) is 5.67. The second-order valence-corrected chi connectivity index (χ2v) is 8.61. The molecule has 0 radical (unpaired) electrons. The monoisotopic (exact) mass is 459 g/mol. The smallest absolute Gasteiger partial charge is 0.264 e. The van der Waals surface area contributed by atoms with Crippen LogP contribution in [0.5, 0.6) is 0 Å². The Labute approximate surface area is 183 Å². The van der Waals surface area contributed by atoms with Crippen LogP contribution in [0.3, 0.4) is 0 Å². The lowest BCUT2D eigenvalue weighted by molar-refractivity contribution is -0.115. The number of anilines is 3. The summed E-state index contributed by atoms with van der Waals surface area (Å²) in [5.74, 6) is -2.16. The minimum atomic E-state index is -4.27. The molecule has 3 aromatic rings. The van der Waals surface area contributed by atoms with Gasteiger partial charge in [0.1, 0.15) is 18.2 Å². The number of benzene rings is 3. The second kappa shape index (κ2) is 9.56. The first kappa shape index (κ1) is 22.9. The molecule has 0 unspecified atom stereocenters. The average Bonchev–Trinajstić information content (AvgIpc) is 2.73. The molecule has 0 fully saturated rings. The minimum absolute atomic E-state index is 0.0536. The summed E-state index contributed by atoms with van der Waals surface area (Å²) in [6.45, 7) is 0.710. The molecule has 0 heterocycles. The number of sulfonamides is 1. The fraction of sp³-hybridized carbons (Fsp3) is 0.0909. The maximum absolute atomic E-state index is 13.4. The van der Waals surface area contributed by atoms with E-state index in [2.05, 4.69) is 10.6 Å². The molecule has 0 bridgehead atoms. The Hall–Kier alpha value is -3.79. The van der Waals surface area contributed by atoms with E-state index in [9.17, 15) is 26.8 Å². The van der Waals surface area contributed by atoms with Gasteiger partial charge in [0.25, 0.3) is 10.0 Å². The van der Waals surface area contributed by atoms with Gasteiger partial charge in [-0.05, 0) is 66.7 Å². The van der Waals surface area contributed by atoms with Crippen LogP contribution in [0.4, 0.5) is 25.8 Å². The van der Waals surface area contributed by atoms with Crippen LogP contribution in [0.15, 0.2) is 77.7 Å². The highest BCUT2D eigenvalue weighted by molar-refractivity contribution is 7.92. The summed E-state index contributed by atoms with van der Waals surface area (Å²) < 4.78 is 53.8. The Bertz CT molecular complexity index is 1230. The number of amides is 2. The van der Waals surface area contributed by atoms with Crippen LogP contribution < -0.4 is 14.9 Å². The molecule has 0 aliphatic heterocycles. The summed E-state index contributed by atoms with van der Waals surface area (Å²) in [5.41, 5.74) is 0.835. The van der Waals surface area contributed by atoms with Crippen molar-refractivity contribution in [1.82, 2.24) is 0 Å². The van der Waals surface area contributed by atoms with E-state index in [1.807, 2.05) is 0 Å². The number of hydrogen-bond donors (Lipinski definition) is 2. The number of carbonyl (C=O) groups is 2. The molecule has 3 rings (SSSR count). The first-order chi connectivity index (χ1) is 15.1. The molecule has 10 heteroatoms. The molecule has 0 atom stereocenters. The van der Waals surface area contributed by atoms with Crippen molar-refractivity contribution in [1.29, 1.82) is 0 Å². The summed E-state index contributed by atoms with van der Waals surface area (Å²) in [6.07, 6.45) is 0. The van der Waals surface area contributed by atoms with E-state index in [1.54, 1.807) is 18.2 Å². The van der Waals surface area contributed by atoms with E-state index in [1.165, 1.54) is 25.1 Å². The van der Waals surface area contributed by atoms with E-state index < -0.39 is 34.1 Å². The molecule has 166 valence electrons. The number of nitrogens with zero attached hydrogens (tertiary/aromatic N) is 1. The van der Waals surface area contributed by atoms with Crippen LogP contribution in [0.25, 0.3) is 0 Å².